The van der Waals surface area contributed by atoms with Crippen molar-refractivity contribution >= 4 is 5.97 Å². The summed E-state index contributed by atoms with van der Waals surface area (Å²) in [4.78, 5) is 10.2. The van der Waals surface area contributed by atoms with E-state index in [0.29, 0.717) is 0 Å². The normalized spacial score (nSPS) is 16.8. The van der Waals surface area contributed by atoms with Crippen LogP contribution in [0, 0.1) is 0 Å². The molecule has 74 valence electrons. The van der Waals surface area contributed by atoms with Crippen LogP contribution in [0.15, 0.2) is 11.6 Å². The number of carbonyl (C=O) groups is 1. The number of aliphatic carboxylic acids is 1. The van der Waals surface area contributed by atoms with Gasteiger partial charge in [-0.25, -0.2) is 0 Å². The van der Waals surface area contributed by atoms with Crippen LogP contribution in [-0.4, -0.2) is 24.2 Å². The molecule has 0 amide bonds. The average molecular weight is 183 g/mol. The van der Waals surface area contributed by atoms with Crippen LogP contribution in [0.4, 0.5) is 0 Å². The predicted molar refractivity (Wildman–Crippen MR) is 51.7 cm³/mol. The fourth-order valence-corrected chi connectivity index (χ4v) is 1.58. The summed E-state index contributed by atoms with van der Waals surface area (Å²) in [6.07, 6.45) is 8.32. The Morgan fingerprint density at radius 1 is 1.54 bits per heavy atom. The highest BCUT2D eigenvalue weighted by atomic mass is 16.4. The molecule has 0 aromatic rings. The third kappa shape index (κ3) is 4.68. The van der Waals surface area contributed by atoms with Crippen molar-refractivity contribution in [3.63, 3.8) is 0 Å². The molecule has 3 heteroatoms. The zero-order chi connectivity index (χ0) is 9.52. The SMILES string of the molecule is O=C(O)CNCCC1=CCCCC1. The van der Waals surface area contributed by atoms with Crippen molar-refractivity contribution in [2.75, 3.05) is 13.1 Å². The number of hydrogen-bond acceptors (Lipinski definition) is 2. The van der Waals surface area contributed by atoms with Crippen molar-refractivity contribution in [2.24, 2.45) is 0 Å². The molecule has 1 aliphatic rings. The van der Waals surface area contributed by atoms with E-state index < -0.39 is 5.97 Å². The minimum atomic E-state index is -0.780. The minimum Gasteiger partial charge on any atom is -0.480 e. The zero-order valence-corrected chi connectivity index (χ0v) is 7.88. The molecule has 0 saturated heterocycles. The number of carboxylic acids is 1. The molecule has 0 atom stereocenters. The van der Waals surface area contributed by atoms with Gasteiger partial charge in [-0.1, -0.05) is 11.6 Å². The van der Waals surface area contributed by atoms with Gasteiger partial charge in [0.15, 0.2) is 0 Å². The first-order chi connectivity index (χ1) is 6.29. The van der Waals surface area contributed by atoms with E-state index in [4.69, 9.17) is 5.11 Å². The standard InChI is InChI=1S/C10H17NO2/c12-10(13)8-11-7-6-9-4-2-1-3-5-9/h4,11H,1-3,5-8H2,(H,12,13). The number of allylic oxidation sites excluding steroid dienone is 1. The lowest BCUT2D eigenvalue weighted by molar-refractivity contribution is -0.135. The summed E-state index contributed by atoms with van der Waals surface area (Å²) in [6, 6.07) is 0. The first kappa shape index (κ1) is 10.3. The first-order valence-corrected chi connectivity index (χ1v) is 4.89. The van der Waals surface area contributed by atoms with Gasteiger partial charge in [-0.3, -0.25) is 4.79 Å². The van der Waals surface area contributed by atoms with Crippen LogP contribution in [0.1, 0.15) is 32.1 Å². The van der Waals surface area contributed by atoms with Gasteiger partial charge in [0.2, 0.25) is 0 Å². The Hall–Kier alpha value is -0.830. The van der Waals surface area contributed by atoms with Crippen LogP contribution in [0.3, 0.4) is 0 Å². The molecule has 13 heavy (non-hydrogen) atoms. The van der Waals surface area contributed by atoms with E-state index in [1.165, 1.54) is 31.3 Å². The lowest BCUT2D eigenvalue weighted by atomic mass is 9.97. The second-order valence-electron chi connectivity index (χ2n) is 3.43. The van der Waals surface area contributed by atoms with Gasteiger partial charge in [-0.05, 0) is 38.6 Å². The molecule has 0 radical (unpaired) electrons. The summed E-state index contributed by atoms with van der Waals surface area (Å²) in [7, 11) is 0. The van der Waals surface area contributed by atoms with Gasteiger partial charge in [0.05, 0.1) is 6.54 Å². The van der Waals surface area contributed by atoms with E-state index in [9.17, 15) is 4.79 Å². The summed E-state index contributed by atoms with van der Waals surface area (Å²) in [5, 5.41) is 11.3. The van der Waals surface area contributed by atoms with Crippen LogP contribution < -0.4 is 5.32 Å². The van der Waals surface area contributed by atoms with E-state index >= 15 is 0 Å². The second kappa shape index (κ2) is 5.75. The molecule has 0 heterocycles. The van der Waals surface area contributed by atoms with Crippen molar-refractivity contribution in [2.45, 2.75) is 32.1 Å². The molecule has 1 aliphatic carbocycles. The van der Waals surface area contributed by atoms with Gasteiger partial charge in [-0.15, -0.1) is 0 Å². The molecular weight excluding hydrogens is 166 g/mol. The Balaban J connectivity index is 2.04. The average Bonchev–Trinajstić information content (AvgIpc) is 2.14. The third-order valence-corrected chi connectivity index (χ3v) is 2.28. The largest absolute Gasteiger partial charge is 0.480 e. The van der Waals surface area contributed by atoms with Crippen molar-refractivity contribution in [3.05, 3.63) is 11.6 Å². The molecule has 0 fully saturated rings. The number of carboxylic acid groups (broad SMARTS) is 1. The summed E-state index contributed by atoms with van der Waals surface area (Å²) < 4.78 is 0. The maximum absolute atomic E-state index is 10.2. The summed E-state index contributed by atoms with van der Waals surface area (Å²) in [5.74, 6) is -0.780. The van der Waals surface area contributed by atoms with Gasteiger partial charge in [0.1, 0.15) is 0 Å². The third-order valence-electron chi connectivity index (χ3n) is 2.28. The van der Waals surface area contributed by atoms with Gasteiger partial charge in [0, 0.05) is 0 Å². The molecule has 3 nitrogen and oxygen atoms in total. The number of rotatable bonds is 5. The molecule has 0 aliphatic heterocycles. The molecule has 0 aromatic carbocycles. The van der Waals surface area contributed by atoms with Crippen LogP contribution >= 0.6 is 0 Å². The molecule has 0 bridgehead atoms. The Kier molecular flexibility index (Phi) is 4.54. The highest BCUT2D eigenvalue weighted by molar-refractivity contribution is 5.68. The highest BCUT2D eigenvalue weighted by Crippen LogP contribution is 2.19. The zero-order valence-electron chi connectivity index (χ0n) is 7.88. The Labute approximate surface area is 78.8 Å². The topological polar surface area (TPSA) is 49.3 Å². The van der Waals surface area contributed by atoms with Gasteiger partial charge in [-0.2, -0.15) is 0 Å². The van der Waals surface area contributed by atoms with Crippen molar-refractivity contribution in [1.29, 1.82) is 0 Å². The Bertz CT molecular complexity index is 199. The fraction of sp³-hybridized carbons (Fsp3) is 0.700. The monoisotopic (exact) mass is 183 g/mol. The van der Waals surface area contributed by atoms with Gasteiger partial charge >= 0.3 is 5.97 Å². The molecule has 0 aromatic heterocycles. The molecule has 2 N–H and O–H groups in total. The van der Waals surface area contributed by atoms with Gasteiger partial charge in [0.25, 0.3) is 0 Å². The van der Waals surface area contributed by atoms with E-state index in [1.807, 2.05) is 0 Å². The van der Waals surface area contributed by atoms with Crippen LogP contribution in [0.25, 0.3) is 0 Å². The molecule has 0 unspecified atom stereocenters. The fourth-order valence-electron chi connectivity index (χ4n) is 1.58. The van der Waals surface area contributed by atoms with Crippen LogP contribution in [0.2, 0.25) is 0 Å². The van der Waals surface area contributed by atoms with E-state index in [0.717, 1.165) is 13.0 Å². The van der Waals surface area contributed by atoms with Crippen LogP contribution in [0.5, 0.6) is 0 Å². The molecule has 0 spiro atoms. The molecular formula is C10H17NO2. The van der Waals surface area contributed by atoms with Crippen molar-refractivity contribution in [3.8, 4) is 0 Å². The summed E-state index contributed by atoms with van der Waals surface area (Å²) in [5.41, 5.74) is 1.49. The first-order valence-electron chi connectivity index (χ1n) is 4.89. The maximum atomic E-state index is 10.2. The van der Waals surface area contributed by atoms with Crippen molar-refractivity contribution in [1.82, 2.24) is 5.32 Å². The molecule has 1 rings (SSSR count). The van der Waals surface area contributed by atoms with Crippen LogP contribution in [-0.2, 0) is 4.79 Å². The Morgan fingerprint density at radius 2 is 2.38 bits per heavy atom. The highest BCUT2D eigenvalue weighted by Gasteiger charge is 2.03. The smallest absolute Gasteiger partial charge is 0.317 e. The Morgan fingerprint density at radius 3 is 3.00 bits per heavy atom. The lowest BCUT2D eigenvalue weighted by Gasteiger charge is -2.12. The van der Waals surface area contributed by atoms with E-state index in [-0.39, 0.29) is 6.54 Å². The maximum Gasteiger partial charge on any atom is 0.317 e. The van der Waals surface area contributed by atoms with Crippen molar-refractivity contribution < 1.29 is 9.90 Å². The second-order valence-corrected chi connectivity index (χ2v) is 3.43. The molecule has 0 saturated carbocycles. The minimum absolute atomic E-state index is 0.0767. The lowest BCUT2D eigenvalue weighted by Crippen LogP contribution is -2.23. The number of nitrogens with one attached hydrogen (secondary N) is 1. The number of hydrogen-bond donors (Lipinski definition) is 2. The van der Waals surface area contributed by atoms with E-state index in [1.54, 1.807) is 0 Å². The quantitative estimate of drug-likeness (QED) is 0.502. The van der Waals surface area contributed by atoms with E-state index in [2.05, 4.69) is 11.4 Å². The van der Waals surface area contributed by atoms with Gasteiger partial charge < -0.3 is 10.4 Å². The predicted octanol–water partition coefficient (Wildman–Crippen LogP) is 1.55. The summed E-state index contributed by atoms with van der Waals surface area (Å²) in [6.45, 7) is 0.866. The summed E-state index contributed by atoms with van der Waals surface area (Å²) >= 11 is 0.